The maximum absolute atomic E-state index is 4.42. The van der Waals surface area contributed by atoms with Gasteiger partial charge in [-0.15, -0.1) is 0 Å². The molecule has 0 atom stereocenters. The molecule has 1 fully saturated rings. The Kier molecular flexibility index (Phi) is 3.16. The van der Waals surface area contributed by atoms with Crippen molar-refractivity contribution in [2.24, 2.45) is 0 Å². The van der Waals surface area contributed by atoms with E-state index in [0.717, 1.165) is 31.6 Å². The second-order valence-electron chi connectivity index (χ2n) is 5.58. The Balaban J connectivity index is 1.89. The van der Waals surface area contributed by atoms with E-state index in [2.05, 4.69) is 50.8 Å². The Bertz CT molecular complexity index is 742. The van der Waals surface area contributed by atoms with Gasteiger partial charge in [-0.1, -0.05) is 30.3 Å². The third kappa shape index (κ3) is 2.21. The molecule has 0 bridgehead atoms. The van der Waals surface area contributed by atoms with Gasteiger partial charge in [0.15, 0.2) is 5.65 Å². The summed E-state index contributed by atoms with van der Waals surface area (Å²) in [5.74, 6) is 0.544. The van der Waals surface area contributed by atoms with Crippen molar-refractivity contribution in [2.45, 2.75) is 18.8 Å². The molecule has 0 spiro atoms. The van der Waals surface area contributed by atoms with Crippen LogP contribution in [0.15, 0.2) is 42.6 Å². The maximum atomic E-state index is 4.42. The molecule has 3 aromatic rings. The van der Waals surface area contributed by atoms with Crippen LogP contribution in [0, 0.1) is 0 Å². The maximum Gasteiger partial charge on any atom is 0.181 e. The minimum Gasteiger partial charge on any atom is -0.317 e. The van der Waals surface area contributed by atoms with Crippen LogP contribution < -0.4 is 5.32 Å². The summed E-state index contributed by atoms with van der Waals surface area (Å²) in [6.45, 7) is 2.15. The predicted molar refractivity (Wildman–Crippen MR) is 84.2 cm³/mol. The Morgan fingerprint density at radius 1 is 1.00 bits per heavy atom. The molecular formula is C17H18N4. The van der Waals surface area contributed by atoms with Gasteiger partial charge in [0.2, 0.25) is 0 Å². The smallest absolute Gasteiger partial charge is 0.181 e. The van der Waals surface area contributed by atoms with Crippen molar-refractivity contribution in [2.75, 3.05) is 13.1 Å². The lowest BCUT2D eigenvalue weighted by molar-refractivity contribution is 0.454. The fourth-order valence-electron chi connectivity index (χ4n) is 3.23. The van der Waals surface area contributed by atoms with Crippen molar-refractivity contribution in [3.05, 3.63) is 48.3 Å². The number of H-pyrrole nitrogens is 1. The molecule has 0 aliphatic carbocycles. The highest BCUT2D eigenvalue weighted by atomic mass is 15.2. The molecule has 1 aromatic carbocycles. The molecule has 2 aromatic heterocycles. The van der Waals surface area contributed by atoms with Crippen molar-refractivity contribution < 1.29 is 0 Å². The number of hydrogen-bond acceptors (Lipinski definition) is 3. The van der Waals surface area contributed by atoms with E-state index in [1.807, 2.05) is 12.3 Å². The quantitative estimate of drug-likeness (QED) is 0.757. The number of pyridine rings is 1. The predicted octanol–water partition coefficient (Wildman–Crippen LogP) is 3.09. The van der Waals surface area contributed by atoms with Gasteiger partial charge in [-0.2, -0.15) is 5.10 Å². The van der Waals surface area contributed by atoms with Gasteiger partial charge in [0, 0.05) is 17.8 Å². The van der Waals surface area contributed by atoms with Crippen LogP contribution in [0.1, 0.15) is 24.5 Å². The average molecular weight is 278 g/mol. The number of fused-ring (bicyclic) bond motifs is 1. The number of nitrogens with one attached hydrogen (secondary N) is 2. The van der Waals surface area contributed by atoms with Gasteiger partial charge < -0.3 is 5.32 Å². The summed E-state index contributed by atoms with van der Waals surface area (Å²) in [6, 6.07) is 12.6. The summed E-state index contributed by atoms with van der Waals surface area (Å²) in [5.41, 5.74) is 4.52. The van der Waals surface area contributed by atoms with E-state index in [1.54, 1.807) is 0 Å². The van der Waals surface area contributed by atoms with Crippen LogP contribution in [0.2, 0.25) is 0 Å². The first kappa shape index (κ1) is 12.5. The summed E-state index contributed by atoms with van der Waals surface area (Å²) in [4.78, 5) is 4.42. The normalized spacial score (nSPS) is 16.4. The van der Waals surface area contributed by atoms with Gasteiger partial charge in [0.05, 0.1) is 5.39 Å². The second kappa shape index (κ2) is 5.30. The van der Waals surface area contributed by atoms with E-state index in [0.29, 0.717) is 5.92 Å². The average Bonchev–Trinajstić information content (AvgIpc) is 3.00. The number of aromatic nitrogens is 3. The third-order valence-corrected chi connectivity index (χ3v) is 4.31. The number of hydrogen-bond donors (Lipinski definition) is 2. The zero-order valence-electron chi connectivity index (χ0n) is 11.8. The molecule has 21 heavy (non-hydrogen) atoms. The van der Waals surface area contributed by atoms with E-state index in [4.69, 9.17) is 0 Å². The van der Waals surface area contributed by atoms with Crippen molar-refractivity contribution >= 4 is 11.0 Å². The van der Waals surface area contributed by atoms with Gasteiger partial charge in [0.1, 0.15) is 0 Å². The first-order valence-corrected chi connectivity index (χ1v) is 7.52. The summed E-state index contributed by atoms with van der Waals surface area (Å²) >= 11 is 0. The Morgan fingerprint density at radius 3 is 2.62 bits per heavy atom. The molecule has 1 aliphatic rings. The molecule has 0 radical (unpaired) electrons. The highest BCUT2D eigenvalue weighted by molar-refractivity contribution is 5.94. The fraction of sp³-hybridized carbons (Fsp3) is 0.294. The van der Waals surface area contributed by atoms with Crippen LogP contribution in [-0.2, 0) is 0 Å². The lowest BCUT2D eigenvalue weighted by Crippen LogP contribution is -2.26. The lowest BCUT2D eigenvalue weighted by Gasteiger charge is -2.22. The van der Waals surface area contributed by atoms with E-state index < -0.39 is 0 Å². The van der Waals surface area contributed by atoms with E-state index in [9.17, 15) is 0 Å². The molecule has 106 valence electrons. The Labute approximate surface area is 123 Å². The molecule has 4 heteroatoms. The van der Waals surface area contributed by atoms with Crippen LogP contribution in [0.25, 0.3) is 22.2 Å². The third-order valence-electron chi connectivity index (χ3n) is 4.31. The molecule has 0 amide bonds. The number of nitrogens with zero attached hydrogens (tertiary/aromatic N) is 2. The van der Waals surface area contributed by atoms with Gasteiger partial charge in [-0.3, -0.25) is 5.10 Å². The van der Waals surface area contributed by atoms with Crippen LogP contribution in [0.3, 0.4) is 0 Å². The number of piperidine rings is 1. The standard InChI is InChI=1S/C17H18N4/c1-2-4-12(5-3-1)14-8-11-19-17-15(14)16(20-21-17)13-6-9-18-10-7-13/h1-5,8,11,13,18H,6-7,9-10H2,(H,19,20,21). The van der Waals surface area contributed by atoms with Crippen LogP contribution >= 0.6 is 0 Å². The van der Waals surface area contributed by atoms with Crippen molar-refractivity contribution in [3.63, 3.8) is 0 Å². The van der Waals surface area contributed by atoms with E-state index in [1.165, 1.54) is 22.2 Å². The molecule has 0 saturated carbocycles. The summed E-state index contributed by atoms with van der Waals surface area (Å²) in [6.07, 6.45) is 4.15. The highest BCUT2D eigenvalue weighted by Gasteiger charge is 2.22. The second-order valence-corrected chi connectivity index (χ2v) is 5.58. The van der Waals surface area contributed by atoms with Crippen LogP contribution in [0.5, 0.6) is 0 Å². The molecule has 4 nitrogen and oxygen atoms in total. The number of benzene rings is 1. The largest absolute Gasteiger partial charge is 0.317 e. The molecule has 2 N–H and O–H groups in total. The Hall–Kier alpha value is -2.20. The molecular weight excluding hydrogens is 260 g/mol. The fourth-order valence-corrected chi connectivity index (χ4v) is 3.23. The monoisotopic (exact) mass is 278 g/mol. The molecule has 1 saturated heterocycles. The molecule has 3 heterocycles. The SMILES string of the molecule is c1ccc(-c2ccnc3n[nH]c(C4CCNCC4)c23)cc1. The topological polar surface area (TPSA) is 53.6 Å². The van der Waals surface area contributed by atoms with Crippen molar-refractivity contribution in [3.8, 4) is 11.1 Å². The van der Waals surface area contributed by atoms with E-state index in [-0.39, 0.29) is 0 Å². The lowest BCUT2D eigenvalue weighted by atomic mass is 9.90. The van der Waals surface area contributed by atoms with Gasteiger partial charge in [-0.25, -0.2) is 4.98 Å². The van der Waals surface area contributed by atoms with E-state index >= 15 is 0 Å². The van der Waals surface area contributed by atoms with Crippen LogP contribution in [-0.4, -0.2) is 28.3 Å². The summed E-state index contributed by atoms with van der Waals surface area (Å²) < 4.78 is 0. The highest BCUT2D eigenvalue weighted by Crippen LogP contribution is 2.34. The summed E-state index contributed by atoms with van der Waals surface area (Å²) in [5, 5.41) is 12.3. The summed E-state index contributed by atoms with van der Waals surface area (Å²) in [7, 11) is 0. The van der Waals surface area contributed by atoms with Crippen LogP contribution in [0.4, 0.5) is 0 Å². The zero-order chi connectivity index (χ0) is 14.1. The van der Waals surface area contributed by atoms with Gasteiger partial charge in [0.25, 0.3) is 0 Å². The van der Waals surface area contributed by atoms with Gasteiger partial charge in [-0.05, 0) is 43.1 Å². The minimum atomic E-state index is 0.544. The van der Waals surface area contributed by atoms with Gasteiger partial charge >= 0.3 is 0 Å². The van der Waals surface area contributed by atoms with Crippen molar-refractivity contribution in [1.29, 1.82) is 0 Å². The molecule has 1 aliphatic heterocycles. The molecule has 4 rings (SSSR count). The van der Waals surface area contributed by atoms with Crippen molar-refractivity contribution in [1.82, 2.24) is 20.5 Å². The first-order valence-electron chi connectivity index (χ1n) is 7.52. The number of rotatable bonds is 2. The number of aromatic amines is 1. The molecule has 0 unspecified atom stereocenters. The zero-order valence-corrected chi connectivity index (χ0v) is 11.8. The Morgan fingerprint density at radius 2 is 1.81 bits per heavy atom. The minimum absolute atomic E-state index is 0.544. The first-order chi connectivity index (χ1) is 10.4.